The minimum absolute atomic E-state index is 0.0666. The second-order valence-electron chi connectivity index (χ2n) is 7.92. The number of nitrogens with two attached hydrogens (primary N) is 1. The lowest BCUT2D eigenvalue weighted by atomic mass is 9.90. The van der Waals surface area contributed by atoms with Gasteiger partial charge in [-0.3, -0.25) is 4.55 Å². The highest BCUT2D eigenvalue weighted by molar-refractivity contribution is 9.10. The lowest BCUT2D eigenvalue weighted by molar-refractivity contribution is 0.0490. The molecule has 8 heteroatoms. The van der Waals surface area contributed by atoms with Crippen LogP contribution in [0.4, 0.5) is 5.69 Å². The minimum Gasteiger partial charge on any atom is -0.489 e. The van der Waals surface area contributed by atoms with Crippen LogP contribution in [0.2, 0.25) is 0 Å². The van der Waals surface area contributed by atoms with Gasteiger partial charge in [0.05, 0.1) is 9.37 Å². The highest BCUT2D eigenvalue weighted by Crippen LogP contribution is 2.31. The van der Waals surface area contributed by atoms with Crippen molar-refractivity contribution in [3.8, 4) is 5.75 Å². The van der Waals surface area contributed by atoms with E-state index >= 15 is 0 Å². The molecular weight excluding hydrogens is 468 g/mol. The van der Waals surface area contributed by atoms with Gasteiger partial charge in [0.2, 0.25) is 0 Å². The van der Waals surface area contributed by atoms with Crippen molar-refractivity contribution < 1.29 is 17.7 Å². The molecule has 0 spiro atoms. The van der Waals surface area contributed by atoms with Crippen molar-refractivity contribution in [1.82, 2.24) is 4.90 Å². The molecule has 30 heavy (non-hydrogen) atoms. The van der Waals surface area contributed by atoms with E-state index in [-0.39, 0.29) is 4.90 Å². The van der Waals surface area contributed by atoms with Crippen LogP contribution in [-0.2, 0) is 10.1 Å². The van der Waals surface area contributed by atoms with Crippen molar-refractivity contribution in [2.75, 3.05) is 18.8 Å². The smallest absolute Gasteiger partial charge is 0.294 e. The summed E-state index contributed by atoms with van der Waals surface area (Å²) in [5.74, 6) is 0.913. The van der Waals surface area contributed by atoms with Gasteiger partial charge in [-0.25, -0.2) is 0 Å². The number of rotatable bonds is 4. The molecule has 1 aliphatic heterocycles. The third-order valence-corrected chi connectivity index (χ3v) is 7.12. The Hall–Kier alpha value is -1.61. The molecule has 0 amide bonds. The summed E-state index contributed by atoms with van der Waals surface area (Å²) in [5.41, 5.74) is 7.46. The second kappa shape index (κ2) is 10.1. The fourth-order valence-electron chi connectivity index (χ4n) is 3.61. The molecule has 2 aromatic carbocycles. The van der Waals surface area contributed by atoms with Crippen LogP contribution >= 0.6 is 15.9 Å². The quantitative estimate of drug-likeness (QED) is 0.471. The predicted octanol–water partition coefficient (Wildman–Crippen LogP) is 4.67. The van der Waals surface area contributed by atoms with Gasteiger partial charge < -0.3 is 15.4 Å². The Balaban J connectivity index is 0.000000199. The van der Waals surface area contributed by atoms with E-state index < -0.39 is 10.1 Å². The fraction of sp³-hybridized carbons (Fsp3) is 0.455. The number of hydrogen-bond acceptors (Lipinski definition) is 5. The summed E-state index contributed by atoms with van der Waals surface area (Å²) in [7, 11) is -4.02. The van der Waals surface area contributed by atoms with Crippen LogP contribution in [0, 0.1) is 6.92 Å². The van der Waals surface area contributed by atoms with Crippen LogP contribution in [0.3, 0.4) is 0 Å². The first-order chi connectivity index (χ1) is 14.2. The number of nitrogens with zero attached hydrogens (tertiary/aromatic N) is 1. The lowest BCUT2D eigenvalue weighted by Crippen LogP contribution is -2.46. The molecule has 164 valence electrons. The van der Waals surface area contributed by atoms with Crippen LogP contribution in [0.5, 0.6) is 5.75 Å². The maximum absolute atomic E-state index is 10.5. The summed E-state index contributed by atoms with van der Waals surface area (Å²) < 4.78 is 36.6. The van der Waals surface area contributed by atoms with Crippen molar-refractivity contribution in [3.05, 3.63) is 52.5 Å². The molecule has 0 radical (unpaired) electrons. The van der Waals surface area contributed by atoms with E-state index in [4.69, 9.17) is 15.0 Å². The van der Waals surface area contributed by atoms with Gasteiger partial charge in [0.15, 0.2) is 0 Å². The average Bonchev–Trinajstić information content (AvgIpc) is 2.64. The Bertz CT molecular complexity index is 938. The van der Waals surface area contributed by atoms with Gasteiger partial charge in [-0.05, 0) is 78.9 Å². The van der Waals surface area contributed by atoms with E-state index in [1.165, 1.54) is 44.5 Å². The molecule has 0 unspecified atom stereocenters. The molecule has 0 bridgehead atoms. The van der Waals surface area contributed by atoms with Crippen molar-refractivity contribution in [1.29, 1.82) is 0 Å². The van der Waals surface area contributed by atoms with Crippen molar-refractivity contribution >= 4 is 31.7 Å². The van der Waals surface area contributed by atoms with Gasteiger partial charge in [0.25, 0.3) is 10.1 Å². The Morgan fingerprint density at radius 2 is 1.70 bits per heavy atom. The Labute approximate surface area is 187 Å². The third-order valence-electron chi connectivity index (χ3n) is 5.64. The summed E-state index contributed by atoms with van der Waals surface area (Å²) in [5, 5.41) is 0. The maximum Gasteiger partial charge on any atom is 0.294 e. The van der Waals surface area contributed by atoms with Crippen LogP contribution in [0.25, 0.3) is 0 Å². The fourth-order valence-corrected chi connectivity index (χ4v) is 4.58. The minimum atomic E-state index is -4.02. The average molecular weight is 497 g/mol. The van der Waals surface area contributed by atoms with Gasteiger partial charge in [-0.15, -0.1) is 0 Å². The molecular formula is C22H29BrN2O4S. The zero-order valence-corrected chi connectivity index (χ0v) is 19.5. The Kier molecular flexibility index (Phi) is 7.79. The second-order valence-corrected chi connectivity index (χ2v) is 10.2. The monoisotopic (exact) mass is 496 g/mol. The van der Waals surface area contributed by atoms with Crippen LogP contribution < -0.4 is 10.5 Å². The summed E-state index contributed by atoms with van der Waals surface area (Å²) in [6.07, 6.45) is 6.82. The Morgan fingerprint density at radius 3 is 2.20 bits per heavy atom. The zero-order valence-electron chi connectivity index (χ0n) is 17.1. The molecule has 1 saturated carbocycles. The summed E-state index contributed by atoms with van der Waals surface area (Å²) in [4.78, 5) is 2.57. The molecule has 2 aliphatic rings. The molecule has 0 atom stereocenters. The van der Waals surface area contributed by atoms with Gasteiger partial charge >= 0.3 is 0 Å². The predicted molar refractivity (Wildman–Crippen MR) is 122 cm³/mol. The van der Waals surface area contributed by atoms with E-state index in [0.717, 1.165) is 40.4 Å². The number of hydrogen-bond donors (Lipinski definition) is 2. The standard InChI is InChI=1S/C15H21BrN2O.C7H8O3S/c16-14-10-11(17)4-5-15(14)19-13-6-8-18(9-7-13)12-2-1-3-12;1-6-2-4-7(5-3-6)11(8,9)10/h4-5,10,12-13H,1-3,6-9,17H2;2-5H,1H3,(H,8,9,10). The van der Waals surface area contributed by atoms with E-state index in [2.05, 4.69) is 20.8 Å². The number of halogens is 1. The molecule has 3 N–H and O–H groups in total. The highest BCUT2D eigenvalue weighted by atomic mass is 79.9. The summed E-state index contributed by atoms with van der Waals surface area (Å²) >= 11 is 3.51. The topological polar surface area (TPSA) is 92.9 Å². The largest absolute Gasteiger partial charge is 0.489 e. The number of benzene rings is 2. The van der Waals surface area contributed by atoms with Crippen LogP contribution in [0.1, 0.15) is 37.7 Å². The number of nitrogen functional groups attached to an aromatic ring is 1. The van der Waals surface area contributed by atoms with Gasteiger partial charge in [-0.2, -0.15) is 8.42 Å². The number of ether oxygens (including phenoxy) is 1. The first kappa shape index (κ1) is 23.1. The maximum atomic E-state index is 10.5. The SMILES string of the molecule is Cc1ccc(S(=O)(=O)O)cc1.Nc1ccc(OC2CCN(C3CCC3)CC2)c(Br)c1. The number of likely N-dealkylation sites (tertiary alicyclic amines) is 1. The van der Waals surface area contributed by atoms with E-state index in [0.29, 0.717) is 6.10 Å². The normalized spacial score (nSPS) is 18.2. The molecule has 2 fully saturated rings. The van der Waals surface area contributed by atoms with Crippen molar-refractivity contribution in [2.24, 2.45) is 0 Å². The third kappa shape index (κ3) is 6.44. The van der Waals surface area contributed by atoms with Crippen LogP contribution in [0.15, 0.2) is 51.8 Å². The molecule has 0 aromatic heterocycles. The summed E-state index contributed by atoms with van der Waals surface area (Å²) in [6, 6.07) is 12.6. The van der Waals surface area contributed by atoms with Crippen LogP contribution in [-0.4, -0.2) is 43.1 Å². The van der Waals surface area contributed by atoms with E-state index in [1.54, 1.807) is 12.1 Å². The number of piperidine rings is 1. The Morgan fingerprint density at radius 1 is 1.07 bits per heavy atom. The van der Waals surface area contributed by atoms with E-state index in [1.807, 2.05) is 25.1 Å². The molecule has 6 nitrogen and oxygen atoms in total. The lowest BCUT2D eigenvalue weighted by Gasteiger charge is -2.41. The highest BCUT2D eigenvalue weighted by Gasteiger charge is 2.29. The first-order valence-corrected chi connectivity index (χ1v) is 12.5. The number of aryl methyl sites for hydroxylation is 1. The van der Waals surface area contributed by atoms with Crippen molar-refractivity contribution in [3.63, 3.8) is 0 Å². The first-order valence-electron chi connectivity index (χ1n) is 10.2. The van der Waals surface area contributed by atoms with E-state index in [9.17, 15) is 8.42 Å². The van der Waals surface area contributed by atoms with Crippen molar-refractivity contribution in [2.45, 2.75) is 56.1 Å². The number of anilines is 1. The zero-order chi connectivity index (χ0) is 21.7. The van der Waals surface area contributed by atoms with Gasteiger partial charge in [-0.1, -0.05) is 24.1 Å². The molecule has 1 heterocycles. The van der Waals surface area contributed by atoms with Gasteiger partial charge in [0, 0.05) is 24.8 Å². The van der Waals surface area contributed by atoms with Gasteiger partial charge in [0.1, 0.15) is 11.9 Å². The summed E-state index contributed by atoms with van der Waals surface area (Å²) in [6.45, 7) is 4.21. The molecule has 2 aromatic rings. The molecule has 1 aliphatic carbocycles. The molecule has 1 saturated heterocycles. The molecule has 4 rings (SSSR count).